The van der Waals surface area contributed by atoms with Crippen LogP contribution in [0.1, 0.15) is 42.9 Å². The van der Waals surface area contributed by atoms with Gasteiger partial charge in [0.15, 0.2) is 0 Å². The topological polar surface area (TPSA) is 57.5 Å². The van der Waals surface area contributed by atoms with Gasteiger partial charge in [-0.1, -0.05) is 24.6 Å². The van der Waals surface area contributed by atoms with Crippen LogP contribution in [0.4, 0.5) is 0 Å². The van der Waals surface area contributed by atoms with Crippen LogP contribution in [0.25, 0.3) is 16.5 Å². The fourth-order valence-corrected chi connectivity index (χ4v) is 4.38. The summed E-state index contributed by atoms with van der Waals surface area (Å²) in [5.41, 5.74) is 3.97. The monoisotopic (exact) mass is 339 g/mol. The number of rotatable bonds is 2. The third-order valence-electron chi connectivity index (χ3n) is 5.41. The Morgan fingerprint density at radius 1 is 1.08 bits per heavy atom. The maximum Gasteiger partial charge on any atom is 0.339 e. The minimum absolute atomic E-state index is 0.229. The van der Waals surface area contributed by atoms with Gasteiger partial charge in [0, 0.05) is 34.6 Å². The molecule has 2 aliphatic rings. The smallest absolute Gasteiger partial charge is 0.339 e. The average Bonchev–Trinajstić information content (AvgIpc) is 2.82. The van der Waals surface area contributed by atoms with Gasteiger partial charge in [0.25, 0.3) is 0 Å². The summed E-state index contributed by atoms with van der Waals surface area (Å²) in [5.74, 6) is -0.679. The largest absolute Gasteiger partial charge is 0.466 e. The van der Waals surface area contributed by atoms with Gasteiger partial charge in [0.1, 0.15) is 0 Å². The lowest BCUT2D eigenvalue weighted by molar-refractivity contribution is -0.138. The lowest BCUT2D eigenvalue weighted by atomic mass is 9.79. The zero-order valence-corrected chi connectivity index (χ0v) is 14.5. The Hall–Kier alpha value is -2.56. The number of methoxy groups -OCH3 is 2. The molecule has 0 saturated heterocycles. The number of benzene rings is 1. The summed E-state index contributed by atoms with van der Waals surface area (Å²) < 4.78 is 12.3. The van der Waals surface area contributed by atoms with E-state index < -0.39 is 11.9 Å². The Kier molecular flexibility index (Phi) is 3.86. The van der Waals surface area contributed by atoms with E-state index >= 15 is 0 Å². The number of carbonyl (C=O) groups excluding carboxylic acids is 2. The fraction of sp³-hybridized carbons (Fsp3) is 0.400. The highest BCUT2D eigenvalue weighted by atomic mass is 16.5. The molecule has 1 aromatic carbocycles. The first-order valence-electron chi connectivity index (χ1n) is 8.68. The number of para-hydroxylation sites is 1. The van der Waals surface area contributed by atoms with E-state index in [0.29, 0.717) is 17.6 Å². The van der Waals surface area contributed by atoms with Crippen LogP contribution in [0.3, 0.4) is 0 Å². The molecular weight excluding hydrogens is 318 g/mol. The molecule has 2 heterocycles. The van der Waals surface area contributed by atoms with Crippen LogP contribution in [0.5, 0.6) is 0 Å². The molecule has 0 radical (unpaired) electrons. The van der Waals surface area contributed by atoms with Crippen LogP contribution in [0.2, 0.25) is 0 Å². The van der Waals surface area contributed by atoms with Gasteiger partial charge in [0.05, 0.1) is 25.4 Å². The van der Waals surface area contributed by atoms with Gasteiger partial charge in [-0.05, 0) is 25.3 Å². The van der Waals surface area contributed by atoms with Crippen molar-refractivity contribution in [3.8, 4) is 0 Å². The van der Waals surface area contributed by atoms with Crippen molar-refractivity contribution in [3.63, 3.8) is 0 Å². The summed E-state index contributed by atoms with van der Waals surface area (Å²) in [6, 6.07) is 8.09. The second-order valence-electron chi connectivity index (χ2n) is 6.66. The summed E-state index contributed by atoms with van der Waals surface area (Å²) in [6.45, 7) is 0.939. The standard InChI is InChI=1S/C20H21NO4/c1-24-19(22)14-11-12-7-5-6-10-21-15-9-4-3-8-13(15)16(18(12)21)17(14)20(23)25-2/h3-4,8-9,12H,5-7,10-11H2,1-2H3. The van der Waals surface area contributed by atoms with Crippen LogP contribution in [0.15, 0.2) is 29.8 Å². The zero-order valence-electron chi connectivity index (χ0n) is 14.5. The quantitative estimate of drug-likeness (QED) is 0.787. The first-order valence-corrected chi connectivity index (χ1v) is 8.68. The molecule has 5 heteroatoms. The van der Waals surface area contributed by atoms with E-state index in [2.05, 4.69) is 10.6 Å². The SMILES string of the molecule is COC(=O)C1=C(C(=O)OC)c2c3n(c4ccccc24)CCCCC3C1. The van der Waals surface area contributed by atoms with Crippen molar-refractivity contribution >= 4 is 28.4 Å². The molecule has 0 fully saturated rings. The van der Waals surface area contributed by atoms with Crippen molar-refractivity contribution in [2.75, 3.05) is 14.2 Å². The molecule has 4 rings (SSSR count). The molecule has 1 unspecified atom stereocenters. The highest BCUT2D eigenvalue weighted by Crippen LogP contribution is 2.47. The molecule has 0 N–H and O–H groups in total. The summed E-state index contributed by atoms with van der Waals surface area (Å²) in [4.78, 5) is 25.0. The van der Waals surface area contributed by atoms with Gasteiger partial charge >= 0.3 is 11.9 Å². The van der Waals surface area contributed by atoms with Gasteiger partial charge < -0.3 is 14.0 Å². The number of ether oxygens (including phenoxy) is 2. The van der Waals surface area contributed by atoms with Crippen molar-refractivity contribution < 1.29 is 19.1 Å². The van der Waals surface area contributed by atoms with Crippen molar-refractivity contribution in [1.82, 2.24) is 4.57 Å². The molecule has 1 aliphatic carbocycles. The van der Waals surface area contributed by atoms with Crippen LogP contribution < -0.4 is 0 Å². The lowest BCUT2D eigenvalue weighted by Crippen LogP contribution is -2.22. The predicted molar refractivity (Wildman–Crippen MR) is 94.1 cm³/mol. The van der Waals surface area contributed by atoms with Gasteiger partial charge in [-0.2, -0.15) is 0 Å². The number of carbonyl (C=O) groups is 2. The molecule has 0 saturated carbocycles. The molecular formula is C20H21NO4. The van der Waals surface area contributed by atoms with E-state index in [1.54, 1.807) is 0 Å². The Bertz CT molecular complexity index is 906. The van der Waals surface area contributed by atoms with Crippen molar-refractivity contribution in [3.05, 3.63) is 41.1 Å². The minimum atomic E-state index is -0.470. The van der Waals surface area contributed by atoms with Crippen molar-refractivity contribution in [2.45, 2.75) is 38.1 Å². The number of aromatic nitrogens is 1. The van der Waals surface area contributed by atoms with E-state index in [-0.39, 0.29) is 5.92 Å². The van der Waals surface area contributed by atoms with Crippen LogP contribution in [0, 0.1) is 0 Å². The highest BCUT2D eigenvalue weighted by Gasteiger charge is 2.39. The summed E-state index contributed by atoms with van der Waals surface area (Å²) in [6.07, 6.45) is 3.75. The first-order chi connectivity index (χ1) is 12.2. The summed E-state index contributed by atoms with van der Waals surface area (Å²) in [7, 11) is 2.71. The average molecular weight is 339 g/mol. The van der Waals surface area contributed by atoms with E-state index in [1.807, 2.05) is 18.2 Å². The number of hydrogen-bond donors (Lipinski definition) is 0. The normalized spacial score (nSPS) is 19.4. The number of nitrogens with zero attached hydrogens (tertiary/aromatic N) is 1. The Morgan fingerprint density at radius 2 is 1.84 bits per heavy atom. The van der Waals surface area contributed by atoms with Crippen LogP contribution >= 0.6 is 0 Å². The van der Waals surface area contributed by atoms with E-state index in [0.717, 1.165) is 42.3 Å². The Labute approximate surface area is 146 Å². The molecule has 1 aliphatic heterocycles. The molecule has 1 atom stereocenters. The Morgan fingerprint density at radius 3 is 2.60 bits per heavy atom. The van der Waals surface area contributed by atoms with Gasteiger partial charge in [-0.25, -0.2) is 9.59 Å². The predicted octanol–water partition coefficient (Wildman–Crippen LogP) is 3.41. The van der Waals surface area contributed by atoms with Crippen molar-refractivity contribution in [2.24, 2.45) is 0 Å². The number of aryl methyl sites for hydroxylation is 1. The minimum Gasteiger partial charge on any atom is -0.466 e. The van der Waals surface area contributed by atoms with Crippen LogP contribution in [-0.4, -0.2) is 30.7 Å². The van der Waals surface area contributed by atoms with Gasteiger partial charge in [0.2, 0.25) is 0 Å². The summed E-state index contributed by atoms with van der Waals surface area (Å²) in [5, 5.41) is 1.01. The molecule has 0 amide bonds. The van der Waals surface area contributed by atoms with E-state index in [9.17, 15) is 9.59 Å². The maximum absolute atomic E-state index is 12.6. The number of hydrogen-bond acceptors (Lipinski definition) is 4. The molecule has 1 aromatic heterocycles. The Balaban J connectivity index is 2.10. The molecule has 25 heavy (non-hydrogen) atoms. The van der Waals surface area contributed by atoms with Crippen molar-refractivity contribution in [1.29, 1.82) is 0 Å². The highest BCUT2D eigenvalue weighted by molar-refractivity contribution is 6.26. The third kappa shape index (κ3) is 2.29. The molecule has 5 nitrogen and oxygen atoms in total. The van der Waals surface area contributed by atoms with Gasteiger partial charge in [-0.15, -0.1) is 0 Å². The van der Waals surface area contributed by atoms with Crippen LogP contribution in [-0.2, 0) is 25.6 Å². The van der Waals surface area contributed by atoms with E-state index in [1.165, 1.54) is 19.9 Å². The lowest BCUT2D eigenvalue weighted by Gasteiger charge is -2.26. The third-order valence-corrected chi connectivity index (χ3v) is 5.41. The molecule has 2 aromatic rings. The molecule has 130 valence electrons. The molecule has 0 spiro atoms. The summed E-state index contributed by atoms with van der Waals surface area (Å²) >= 11 is 0. The second-order valence-corrected chi connectivity index (χ2v) is 6.66. The fourth-order valence-electron chi connectivity index (χ4n) is 4.38. The first kappa shape index (κ1) is 15.9. The number of fused-ring (bicyclic) bond motifs is 3. The van der Waals surface area contributed by atoms with Gasteiger partial charge in [-0.3, -0.25) is 0 Å². The second kappa shape index (κ2) is 6.06. The zero-order chi connectivity index (χ0) is 17.6. The maximum atomic E-state index is 12.6. The molecule has 0 bridgehead atoms. The number of esters is 2. The van der Waals surface area contributed by atoms with E-state index in [4.69, 9.17) is 9.47 Å².